The van der Waals surface area contributed by atoms with Gasteiger partial charge in [0.05, 0.1) is 0 Å². The molecule has 2 heteroatoms. The molecule has 0 bridgehead atoms. The van der Waals surface area contributed by atoms with E-state index in [0.29, 0.717) is 17.5 Å². The lowest BCUT2D eigenvalue weighted by molar-refractivity contribution is 0.572. The lowest BCUT2D eigenvalue weighted by atomic mass is 9.92. The number of benzene rings is 2. The van der Waals surface area contributed by atoms with E-state index in [1.54, 1.807) is 19.1 Å². The van der Waals surface area contributed by atoms with E-state index in [1.807, 2.05) is 12.1 Å². The minimum atomic E-state index is -0.306. The Balaban J connectivity index is 2.31. The summed E-state index contributed by atoms with van der Waals surface area (Å²) < 4.78 is 14.1. The van der Waals surface area contributed by atoms with E-state index in [4.69, 9.17) is 5.73 Å². The summed E-state index contributed by atoms with van der Waals surface area (Å²) in [6, 6.07) is 11.3. The van der Waals surface area contributed by atoms with Crippen LogP contribution in [-0.2, 0) is 6.42 Å². The second-order valence-electron chi connectivity index (χ2n) is 5.16. The third-order valence-electron chi connectivity index (χ3n) is 3.69. The molecule has 0 radical (unpaired) electrons. The van der Waals surface area contributed by atoms with E-state index >= 15 is 0 Å². The van der Waals surface area contributed by atoms with E-state index in [1.165, 1.54) is 16.7 Å². The van der Waals surface area contributed by atoms with E-state index in [0.717, 1.165) is 0 Å². The number of halogens is 1. The van der Waals surface area contributed by atoms with Crippen LogP contribution < -0.4 is 5.73 Å². The highest BCUT2D eigenvalue weighted by atomic mass is 19.1. The largest absolute Gasteiger partial charge is 0.324 e. The molecular weight excluding hydrogens is 237 g/mol. The van der Waals surface area contributed by atoms with Crippen LogP contribution in [-0.4, -0.2) is 0 Å². The second kappa shape index (κ2) is 5.54. The molecular formula is C17H20FN. The Labute approximate surface area is 114 Å². The Morgan fingerprint density at radius 2 is 1.47 bits per heavy atom. The van der Waals surface area contributed by atoms with Crippen LogP contribution in [0, 0.1) is 26.6 Å². The monoisotopic (exact) mass is 257 g/mol. The van der Waals surface area contributed by atoms with Crippen molar-refractivity contribution in [3.05, 3.63) is 70.0 Å². The molecule has 100 valence electrons. The summed E-state index contributed by atoms with van der Waals surface area (Å²) in [6.07, 6.45) is 0.666. The maximum atomic E-state index is 14.1. The lowest BCUT2D eigenvalue weighted by Crippen LogP contribution is -2.16. The number of aryl methyl sites for hydroxylation is 3. The minimum Gasteiger partial charge on any atom is -0.324 e. The minimum absolute atomic E-state index is 0.179. The zero-order valence-electron chi connectivity index (χ0n) is 11.7. The molecule has 2 rings (SSSR count). The van der Waals surface area contributed by atoms with Crippen molar-refractivity contribution in [3.63, 3.8) is 0 Å². The standard InChI is InChI=1S/C17H20FN/c1-11-6-4-7-12(2)15(11)10-16(19)14-9-5-8-13(3)17(14)18/h4-9,16H,10,19H2,1-3H3. The Morgan fingerprint density at radius 3 is 2.11 bits per heavy atom. The van der Waals surface area contributed by atoms with Gasteiger partial charge in [0.1, 0.15) is 5.82 Å². The van der Waals surface area contributed by atoms with Gasteiger partial charge in [0.25, 0.3) is 0 Å². The van der Waals surface area contributed by atoms with Gasteiger partial charge in [0, 0.05) is 11.6 Å². The highest BCUT2D eigenvalue weighted by molar-refractivity contribution is 5.36. The van der Waals surface area contributed by atoms with Crippen molar-refractivity contribution in [2.45, 2.75) is 33.2 Å². The first-order valence-electron chi connectivity index (χ1n) is 6.56. The topological polar surface area (TPSA) is 26.0 Å². The van der Waals surface area contributed by atoms with Gasteiger partial charge in [-0.3, -0.25) is 0 Å². The van der Waals surface area contributed by atoms with Gasteiger partial charge in [-0.05, 0) is 49.4 Å². The van der Waals surface area contributed by atoms with Gasteiger partial charge in [0.15, 0.2) is 0 Å². The number of nitrogens with two attached hydrogens (primary N) is 1. The van der Waals surface area contributed by atoms with Gasteiger partial charge < -0.3 is 5.73 Å². The summed E-state index contributed by atoms with van der Waals surface area (Å²) in [4.78, 5) is 0. The molecule has 2 aromatic carbocycles. The van der Waals surface area contributed by atoms with Crippen LogP contribution in [0.5, 0.6) is 0 Å². The van der Waals surface area contributed by atoms with Crippen molar-refractivity contribution in [2.24, 2.45) is 5.73 Å². The first-order chi connectivity index (χ1) is 9.00. The van der Waals surface area contributed by atoms with Gasteiger partial charge in [-0.1, -0.05) is 36.4 Å². The molecule has 0 aliphatic carbocycles. The van der Waals surface area contributed by atoms with Gasteiger partial charge in [-0.25, -0.2) is 4.39 Å². The first-order valence-corrected chi connectivity index (χ1v) is 6.56. The molecule has 2 aromatic rings. The third kappa shape index (κ3) is 2.85. The first kappa shape index (κ1) is 13.8. The van der Waals surface area contributed by atoms with Crippen molar-refractivity contribution in [1.82, 2.24) is 0 Å². The van der Waals surface area contributed by atoms with Crippen LogP contribution >= 0.6 is 0 Å². The predicted molar refractivity (Wildman–Crippen MR) is 77.7 cm³/mol. The number of rotatable bonds is 3. The van der Waals surface area contributed by atoms with Gasteiger partial charge in [-0.2, -0.15) is 0 Å². The van der Waals surface area contributed by atoms with Crippen molar-refractivity contribution in [2.75, 3.05) is 0 Å². The molecule has 0 amide bonds. The fraction of sp³-hybridized carbons (Fsp3) is 0.294. The summed E-state index contributed by atoms with van der Waals surface area (Å²) in [6.45, 7) is 5.91. The van der Waals surface area contributed by atoms with E-state index < -0.39 is 0 Å². The van der Waals surface area contributed by atoms with E-state index in [2.05, 4.69) is 26.0 Å². The van der Waals surface area contributed by atoms with Crippen LogP contribution in [0.15, 0.2) is 36.4 Å². The molecule has 0 heterocycles. The molecule has 2 N–H and O–H groups in total. The number of hydrogen-bond donors (Lipinski definition) is 1. The summed E-state index contributed by atoms with van der Waals surface area (Å²) in [5, 5.41) is 0. The van der Waals surface area contributed by atoms with E-state index in [9.17, 15) is 4.39 Å². The predicted octanol–water partition coefficient (Wildman–Crippen LogP) is 3.99. The highest BCUT2D eigenvalue weighted by Crippen LogP contribution is 2.24. The SMILES string of the molecule is Cc1cccc(C(N)Cc2c(C)cccc2C)c1F. The fourth-order valence-electron chi connectivity index (χ4n) is 2.46. The van der Waals surface area contributed by atoms with Gasteiger partial charge >= 0.3 is 0 Å². The van der Waals surface area contributed by atoms with Crippen molar-refractivity contribution < 1.29 is 4.39 Å². The molecule has 0 aliphatic heterocycles. The summed E-state index contributed by atoms with van der Waals surface area (Å²) in [7, 11) is 0. The third-order valence-corrected chi connectivity index (χ3v) is 3.69. The Bertz CT molecular complexity index is 570. The highest BCUT2D eigenvalue weighted by Gasteiger charge is 2.15. The maximum Gasteiger partial charge on any atom is 0.130 e. The van der Waals surface area contributed by atoms with Crippen molar-refractivity contribution in [1.29, 1.82) is 0 Å². The van der Waals surface area contributed by atoms with Crippen LogP contribution in [0.25, 0.3) is 0 Å². The molecule has 1 atom stereocenters. The Kier molecular flexibility index (Phi) is 4.01. The molecule has 0 spiro atoms. The molecule has 1 unspecified atom stereocenters. The zero-order valence-corrected chi connectivity index (χ0v) is 11.7. The van der Waals surface area contributed by atoms with Gasteiger partial charge in [-0.15, -0.1) is 0 Å². The second-order valence-corrected chi connectivity index (χ2v) is 5.16. The van der Waals surface area contributed by atoms with Crippen LogP contribution in [0.3, 0.4) is 0 Å². The quantitative estimate of drug-likeness (QED) is 0.884. The normalized spacial score (nSPS) is 12.5. The molecule has 1 nitrogen and oxygen atoms in total. The average molecular weight is 257 g/mol. The van der Waals surface area contributed by atoms with Crippen LogP contribution in [0.4, 0.5) is 4.39 Å². The fourth-order valence-corrected chi connectivity index (χ4v) is 2.46. The molecule has 0 fully saturated rings. The zero-order chi connectivity index (χ0) is 14.0. The summed E-state index contributed by atoms with van der Waals surface area (Å²) >= 11 is 0. The van der Waals surface area contributed by atoms with E-state index in [-0.39, 0.29) is 11.9 Å². The maximum absolute atomic E-state index is 14.1. The smallest absolute Gasteiger partial charge is 0.130 e. The van der Waals surface area contributed by atoms with Crippen molar-refractivity contribution >= 4 is 0 Å². The summed E-state index contributed by atoms with van der Waals surface area (Å²) in [5.41, 5.74) is 11.1. The molecule has 19 heavy (non-hydrogen) atoms. The molecule has 0 aromatic heterocycles. The summed E-state index contributed by atoms with van der Waals surface area (Å²) in [5.74, 6) is -0.179. The molecule has 0 aliphatic rings. The Morgan fingerprint density at radius 1 is 0.947 bits per heavy atom. The molecule has 0 saturated heterocycles. The average Bonchev–Trinajstić information content (AvgIpc) is 2.37. The van der Waals surface area contributed by atoms with Crippen LogP contribution in [0.1, 0.15) is 33.9 Å². The van der Waals surface area contributed by atoms with Crippen LogP contribution in [0.2, 0.25) is 0 Å². The van der Waals surface area contributed by atoms with Crippen molar-refractivity contribution in [3.8, 4) is 0 Å². The Hall–Kier alpha value is -1.67. The lowest BCUT2D eigenvalue weighted by Gasteiger charge is -2.17. The van der Waals surface area contributed by atoms with Gasteiger partial charge in [0.2, 0.25) is 0 Å². The number of hydrogen-bond acceptors (Lipinski definition) is 1. The molecule has 0 saturated carbocycles.